The van der Waals surface area contributed by atoms with Crippen molar-refractivity contribution in [3.05, 3.63) is 60.6 Å². The Morgan fingerprint density at radius 2 is 1.97 bits per heavy atom. The lowest BCUT2D eigenvalue weighted by atomic mass is 10.1. The quantitative estimate of drug-likeness (QED) is 0.338. The number of non-ortho nitro benzene ring substituents is 1. The van der Waals surface area contributed by atoms with E-state index in [0.717, 1.165) is 16.8 Å². The number of methoxy groups -OCH3 is 1. The highest BCUT2D eigenvalue weighted by atomic mass is 79.9. The van der Waals surface area contributed by atoms with E-state index in [4.69, 9.17) is 9.47 Å². The summed E-state index contributed by atoms with van der Waals surface area (Å²) >= 11 is 3.27. The van der Waals surface area contributed by atoms with Crippen molar-refractivity contribution in [2.45, 2.75) is 0 Å². The van der Waals surface area contributed by atoms with Crippen LogP contribution in [0, 0.1) is 20.2 Å². The van der Waals surface area contributed by atoms with Gasteiger partial charge in [0.1, 0.15) is 0 Å². The summed E-state index contributed by atoms with van der Waals surface area (Å²) in [4.78, 5) is 31.8. The first kappa shape index (κ1) is 21.6. The summed E-state index contributed by atoms with van der Waals surface area (Å²) in [6.45, 7) is -0.434. The number of carbonyl (C=O) groups excluding carboxylic acids is 1. The average molecular weight is 469 g/mol. The Labute approximate surface area is 171 Å². The highest BCUT2D eigenvalue weighted by Gasteiger charge is 2.23. The number of nitro groups is 2. The minimum atomic E-state index is -0.975. The Kier molecular flexibility index (Phi) is 7.03. The van der Waals surface area contributed by atoms with E-state index in [1.54, 1.807) is 18.2 Å². The van der Waals surface area contributed by atoms with Gasteiger partial charge in [-0.15, -0.1) is 0 Å². The van der Waals surface area contributed by atoms with Gasteiger partial charge < -0.3 is 14.6 Å². The van der Waals surface area contributed by atoms with Crippen molar-refractivity contribution >= 4 is 39.4 Å². The van der Waals surface area contributed by atoms with Gasteiger partial charge in [-0.1, -0.05) is 15.9 Å². The van der Waals surface area contributed by atoms with Crippen LogP contribution in [0.5, 0.6) is 17.2 Å². The van der Waals surface area contributed by atoms with Crippen LogP contribution in [0.25, 0.3) is 0 Å². The minimum absolute atomic E-state index is 0.307. The molecule has 0 heterocycles. The molecule has 0 bridgehead atoms. The van der Waals surface area contributed by atoms with E-state index >= 15 is 0 Å². The van der Waals surface area contributed by atoms with Crippen LogP contribution in [-0.2, 0) is 4.79 Å². The molecule has 1 amide bonds. The van der Waals surface area contributed by atoms with Crippen molar-refractivity contribution in [3.8, 4) is 17.2 Å². The van der Waals surface area contributed by atoms with Gasteiger partial charge in [-0.2, -0.15) is 5.10 Å². The number of halogens is 1. The molecule has 2 N–H and O–H groups in total. The second-order valence-corrected chi connectivity index (χ2v) is 6.21. The summed E-state index contributed by atoms with van der Waals surface area (Å²) in [7, 11) is 1.43. The largest absolute Gasteiger partial charge is 0.502 e. The average Bonchev–Trinajstić information content (AvgIpc) is 2.67. The van der Waals surface area contributed by atoms with E-state index in [2.05, 4.69) is 26.5 Å². The van der Waals surface area contributed by atoms with Crippen molar-refractivity contribution in [2.24, 2.45) is 5.10 Å². The van der Waals surface area contributed by atoms with Gasteiger partial charge in [0, 0.05) is 10.5 Å². The van der Waals surface area contributed by atoms with Crippen molar-refractivity contribution in [1.29, 1.82) is 0 Å². The highest BCUT2D eigenvalue weighted by molar-refractivity contribution is 9.10. The molecule has 0 saturated heterocycles. The molecule has 0 aliphatic rings. The SMILES string of the molecule is COc1cc(Br)ccc1OCC(=O)NN=Cc1cc([N+](=O)[O-])cc([N+](=O)[O-])c1O. The molecule has 0 aromatic heterocycles. The molecule has 0 radical (unpaired) electrons. The molecule has 0 aliphatic carbocycles. The molecule has 0 fully saturated rings. The van der Waals surface area contributed by atoms with Crippen LogP contribution in [0.4, 0.5) is 11.4 Å². The maximum absolute atomic E-state index is 11.8. The van der Waals surface area contributed by atoms with Crippen LogP contribution < -0.4 is 14.9 Å². The Morgan fingerprint density at radius 3 is 2.59 bits per heavy atom. The zero-order valence-electron chi connectivity index (χ0n) is 14.7. The molecule has 13 heteroatoms. The Hall–Kier alpha value is -3.74. The molecular formula is C16H13BrN4O8. The van der Waals surface area contributed by atoms with Gasteiger partial charge in [0.15, 0.2) is 18.1 Å². The third kappa shape index (κ3) is 5.62. The monoisotopic (exact) mass is 468 g/mol. The predicted molar refractivity (Wildman–Crippen MR) is 103 cm³/mol. The first-order chi connectivity index (χ1) is 13.7. The summed E-state index contributed by atoms with van der Waals surface area (Å²) in [5.74, 6) is -0.814. The molecule has 29 heavy (non-hydrogen) atoms. The Bertz CT molecular complexity index is 995. The zero-order chi connectivity index (χ0) is 21.6. The molecule has 12 nitrogen and oxygen atoms in total. The second-order valence-electron chi connectivity index (χ2n) is 5.29. The summed E-state index contributed by atoms with van der Waals surface area (Å²) < 4.78 is 11.2. The fourth-order valence-corrected chi connectivity index (χ4v) is 2.42. The number of phenols is 1. The zero-order valence-corrected chi connectivity index (χ0v) is 16.3. The molecule has 0 unspecified atom stereocenters. The van der Waals surface area contributed by atoms with Gasteiger partial charge in [0.25, 0.3) is 11.6 Å². The number of nitro benzene ring substituents is 2. The number of carbonyl (C=O) groups is 1. The number of rotatable bonds is 8. The second kappa shape index (κ2) is 9.45. The number of aromatic hydroxyl groups is 1. The molecule has 0 aliphatic heterocycles. The van der Waals surface area contributed by atoms with E-state index in [0.29, 0.717) is 17.6 Å². The van der Waals surface area contributed by atoms with E-state index in [9.17, 15) is 30.1 Å². The molecule has 0 saturated carbocycles. The van der Waals surface area contributed by atoms with Crippen molar-refractivity contribution in [3.63, 3.8) is 0 Å². The molecule has 2 aromatic rings. The van der Waals surface area contributed by atoms with Crippen molar-refractivity contribution in [1.82, 2.24) is 5.43 Å². The number of amides is 1. The lowest BCUT2D eigenvalue weighted by Gasteiger charge is -2.10. The number of hydrazone groups is 1. The third-order valence-electron chi connectivity index (χ3n) is 3.39. The van der Waals surface area contributed by atoms with E-state index in [1.807, 2.05) is 0 Å². The van der Waals surface area contributed by atoms with E-state index in [-0.39, 0.29) is 5.56 Å². The number of nitrogens with one attached hydrogen (secondary N) is 1. The van der Waals surface area contributed by atoms with Gasteiger partial charge in [-0.25, -0.2) is 5.43 Å². The predicted octanol–water partition coefficient (Wildman–Crippen LogP) is 2.51. The maximum atomic E-state index is 11.8. The number of hydrogen-bond donors (Lipinski definition) is 2. The Balaban J connectivity index is 2.07. The molecule has 152 valence electrons. The maximum Gasteiger partial charge on any atom is 0.318 e. The first-order valence-electron chi connectivity index (χ1n) is 7.67. The normalized spacial score (nSPS) is 10.6. The standard InChI is InChI=1S/C16H13BrN4O8/c1-28-14-5-10(17)2-3-13(14)29-8-15(22)19-18-7-9-4-11(20(24)25)6-12(16(9)23)21(26)27/h2-7,23H,8H2,1H3,(H,19,22). The molecular weight excluding hydrogens is 456 g/mol. The molecule has 2 aromatic carbocycles. The van der Waals surface area contributed by atoms with E-state index < -0.39 is 39.5 Å². The number of ether oxygens (including phenoxy) is 2. The molecule has 0 atom stereocenters. The fourth-order valence-electron chi connectivity index (χ4n) is 2.08. The van der Waals surface area contributed by atoms with Crippen LogP contribution in [0.2, 0.25) is 0 Å². The van der Waals surface area contributed by atoms with Crippen LogP contribution in [0.1, 0.15) is 5.56 Å². The van der Waals surface area contributed by atoms with Crippen LogP contribution in [-0.4, -0.2) is 40.8 Å². The fraction of sp³-hybridized carbons (Fsp3) is 0.125. The number of nitrogens with zero attached hydrogens (tertiary/aromatic N) is 3. The number of phenolic OH excluding ortho intramolecular Hbond substituents is 1. The molecule has 2 rings (SSSR count). The van der Waals surface area contributed by atoms with Crippen molar-refractivity contribution in [2.75, 3.05) is 13.7 Å². The van der Waals surface area contributed by atoms with Gasteiger partial charge >= 0.3 is 5.69 Å². The number of hydrogen-bond acceptors (Lipinski definition) is 9. The van der Waals surface area contributed by atoms with Crippen LogP contribution >= 0.6 is 15.9 Å². The summed E-state index contributed by atoms with van der Waals surface area (Å²) in [5.41, 5.74) is 0.281. The van der Waals surface area contributed by atoms with Crippen molar-refractivity contribution < 1.29 is 29.2 Å². The summed E-state index contributed by atoms with van der Waals surface area (Å²) in [5, 5.41) is 35.2. The van der Waals surface area contributed by atoms with E-state index in [1.165, 1.54) is 7.11 Å². The Morgan fingerprint density at radius 1 is 1.24 bits per heavy atom. The van der Waals surface area contributed by atoms with Gasteiger partial charge in [-0.05, 0) is 18.2 Å². The minimum Gasteiger partial charge on any atom is -0.502 e. The smallest absolute Gasteiger partial charge is 0.318 e. The van der Waals surface area contributed by atoms with Gasteiger partial charge in [0.05, 0.1) is 34.8 Å². The third-order valence-corrected chi connectivity index (χ3v) is 3.88. The van der Waals surface area contributed by atoms with Gasteiger partial charge in [-0.3, -0.25) is 25.0 Å². The highest BCUT2D eigenvalue weighted by Crippen LogP contribution is 2.33. The molecule has 0 spiro atoms. The van der Waals surface area contributed by atoms with Crippen LogP contribution in [0.3, 0.4) is 0 Å². The first-order valence-corrected chi connectivity index (χ1v) is 8.46. The lowest BCUT2D eigenvalue weighted by molar-refractivity contribution is -0.394. The van der Waals surface area contributed by atoms with Gasteiger partial charge in [0.2, 0.25) is 5.75 Å². The summed E-state index contributed by atoms with van der Waals surface area (Å²) in [6.07, 6.45) is 0.841. The van der Waals surface area contributed by atoms with Crippen LogP contribution in [0.15, 0.2) is 39.9 Å². The lowest BCUT2D eigenvalue weighted by Crippen LogP contribution is -2.24. The summed E-state index contributed by atoms with van der Waals surface area (Å²) in [6, 6.07) is 6.40. The number of benzene rings is 2. The topological polar surface area (TPSA) is 166 Å².